The van der Waals surface area contributed by atoms with Crippen molar-refractivity contribution in [1.82, 2.24) is 10.2 Å². The summed E-state index contributed by atoms with van der Waals surface area (Å²) in [5, 5.41) is 12.9. The zero-order chi connectivity index (χ0) is 23.7. The van der Waals surface area contributed by atoms with Crippen LogP contribution in [0.3, 0.4) is 0 Å². The number of amides is 1. The minimum Gasteiger partial charge on any atom is -0.508 e. The third-order valence-corrected chi connectivity index (χ3v) is 7.05. The number of unbranched alkanes of at least 4 members (excludes halogenated alkanes) is 9. The normalized spacial score (nSPS) is 16.1. The first kappa shape index (κ1) is 27.7. The van der Waals surface area contributed by atoms with Gasteiger partial charge in [0.25, 0.3) is 0 Å². The van der Waals surface area contributed by atoms with Crippen LogP contribution in [-0.2, 0) is 11.2 Å². The van der Waals surface area contributed by atoms with Gasteiger partial charge in [0.05, 0.1) is 0 Å². The second-order valence-electron chi connectivity index (χ2n) is 10.4. The number of benzene rings is 1. The zero-order valence-electron chi connectivity index (χ0n) is 21.5. The maximum absolute atomic E-state index is 12.8. The van der Waals surface area contributed by atoms with Gasteiger partial charge in [0.15, 0.2) is 0 Å². The summed E-state index contributed by atoms with van der Waals surface area (Å²) in [5.74, 6) is 0.928. The largest absolute Gasteiger partial charge is 0.508 e. The molecule has 188 valence electrons. The molecule has 33 heavy (non-hydrogen) atoms. The lowest BCUT2D eigenvalue weighted by Gasteiger charge is -2.25. The summed E-state index contributed by atoms with van der Waals surface area (Å²) in [5.41, 5.74) is 1.16. The molecule has 1 aliphatic rings. The van der Waals surface area contributed by atoms with Crippen molar-refractivity contribution in [2.24, 2.45) is 5.92 Å². The first-order chi connectivity index (χ1) is 16.1. The van der Waals surface area contributed by atoms with Gasteiger partial charge in [-0.1, -0.05) is 96.6 Å². The quantitative estimate of drug-likeness (QED) is 0.236. The third-order valence-electron chi connectivity index (χ3n) is 7.05. The SMILES string of the molecule is CCCCCCCCCCCCC(C)CC(=O)N[C@@H](Cc1ccc(O)cc1)CN1CCCC1. The predicted molar refractivity (Wildman–Crippen MR) is 140 cm³/mol. The number of hydrogen-bond acceptors (Lipinski definition) is 3. The standard InChI is InChI=1S/C29H50N2O2/c1-3-4-5-6-7-8-9-10-11-12-15-25(2)22-29(33)30-27(24-31-20-13-14-21-31)23-26-16-18-28(32)19-17-26/h16-19,25,27,32H,3-15,20-24H2,1-2H3,(H,30,33)/t25?,27-/m0/s1. The van der Waals surface area contributed by atoms with Gasteiger partial charge in [-0.2, -0.15) is 0 Å². The van der Waals surface area contributed by atoms with Crippen LogP contribution in [-0.4, -0.2) is 41.6 Å². The van der Waals surface area contributed by atoms with E-state index in [1.165, 1.54) is 77.0 Å². The monoisotopic (exact) mass is 458 g/mol. The van der Waals surface area contributed by atoms with Gasteiger partial charge in [-0.05, 0) is 56.0 Å². The molecule has 2 rings (SSSR count). The first-order valence-electron chi connectivity index (χ1n) is 13.9. The summed E-state index contributed by atoms with van der Waals surface area (Å²) in [6.45, 7) is 7.69. The van der Waals surface area contributed by atoms with Crippen LogP contribution in [0, 0.1) is 5.92 Å². The van der Waals surface area contributed by atoms with E-state index in [1.54, 1.807) is 12.1 Å². The number of aromatic hydroxyl groups is 1. The van der Waals surface area contributed by atoms with Crippen molar-refractivity contribution in [3.8, 4) is 5.75 Å². The van der Waals surface area contributed by atoms with Gasteiger partial charge in [0.1, 0.15) is 5.75 Å². The summed E-state index contributed by atoms with van der Waals surface area (Å²) in [7, 11) is 0. The van der Waals surface area contributed by atoms with Gasteiger partial charge in [0, 0.05) is 19.0 Å². The average molecular weight is 459 g/mol. The van der Waals surface area contributed by atoms with Crippen molar-refractivity contribution in [2.75, 3.05) is 19.6 Å². The summed E-state index contributed by atoms with van der Waals surface area (Å²) >= 11 is 0. The molecule has 0 spiro atoms. The minimum absolute atomic E-state index is 0.129. The number of likely N-dealkylation sites (tertiary alicyclic amines) is 1. The Morgan fingerprint density at radius 3 is 2.12 bits per heavy atom. The third kappa shape index (κ3) is 13.1. The van der Waals surface area contributed by atoms with Crippen molar-refractivity contribution in [2.45, 2.75) is 116 Å². The molecule has 1 amide bonds. The molecule has 0 aromatic heterocycles. The Morgan fingerprint density at radius 2 is 1.52 bits per heavy atom. The van der Waals surface area contributed by atoms with Gasteiger partial charge in [0.2, 0.25) is 5.91 Å². The van der Waals surface area contributed by atoms with E-state index < -0.39 is 0 Å². The van der Waals surface area contributed by atoms with Gasteiger partial charge in [-0.15, -0.1) is 0 Å². The number of nitrogens with one attached hydrogen (secondary N) is 1. The average Bonchev–Trinajstić information content (AvgIpc) is 3.29. The fraction of sp³-hybridized carbons (Fsp3) is 0.759. The predicted octanol–water partition coefficient (Wildman–Crippen LogP) is 6.85. The Morgan fingerprint density at radius 1 is 0.939 bits per heavy atom. The highest BCUT2D eigenvalue weighted by Crippen LogP contribution is 2.17. The number of carbonyl (C=O) groups is 1. The lowest BCUT2D eigenvalue weighted by Crippen LogP contribution is -2.44. The summed E-state index contributed by atoms with van der Waals surface area (Å²) < 4.78 is 0. The zero-order valence-corrected chi connectivity index (χ0v) is 21.5. The molecule has 1 aromatic rings. The van der Waals surface area contributed by atoms with Crippen molar-refractivity contribution < 1.29 is 9.90 Å². The molecule has 1 saturated heterocycles. The fourth-order valence-electron chi connectivity index (χ4n) is 5.04. The molecular weight excluding hydrogens is 408 g/mol. The van der Waals surface area contributed by atoms with Gasteiger partial charge < -0.3 is 15.3 Å². The molecule has 0 bridgehead atoms. The van der Waals surface area contributed by atoms with Crippen molar-refractivity contribution in [3.05, 3.63) is 29.8 Å². The van der Waals surface area contributed by atoms with Crippen LogP contribution in [0.2, 0.25) is 0 Å². The highest BCUT2D eigenvalue weighted by molar-refractivity contribution is 5.76. The number of carbonyl (C=O) groups excluding carboxylic acids is 1. The van der Waals surface area contributed by atoms with Crippen LogP contribution >= 0.6 is 0 Å². The number of nitrogens with zero attached hydrogens (tertiary/aromatic N) is 1. The smallest absolute Gasteiger partial charge is 0.220 e. The Hall–Kier alpha value is -1.55. The molecule has 1 aromatic carbocycles. The van der Waals surface area contributed by atoms with E-state index in [0.29, 0.717) is 18.1 Å². The van der Waals surface area contributed by atoms with Crippen LogP contribution < -0.4 is 5.32 Å². The molecule has 2 N–H and O–H groups in total. The molecule has 1 heterocycles. The maximum Gasteiger partial charge on any atom is 0.220 e. The van der Waals surface area contributed by atoms with Crippen LogP contribution in [0.25, 0.3) is 0 Å². The molecule has 1 aliphatic heterocycles. The molecular formula is C29H50N2O2. The topological polar surface area (TPSA) is 52.6 Å². The number of phenols is 1. The van der Waals surface area contributed by atoms with E-state index in [4.69, 9.17) is 0 Å². The van der Waals surface area contributed by atoms with E-state index in [1.807, 2.05) is 12.1 Å². The Labute approximate surface area is 203 Å². The molecule has 0 radical (unpaired) electrons. The maximum atomic E-state index is 12.8. The Kier molecular flexibility index (Phi) is 14.2. The molecule has 0 aliphatic carbocycles. The number of phenolic OH excluding ortho intramolecular Hbond substituents is 1. The van der Waals surface area contributed by atoms with Crippen LogP contribution in [0.15, 0.2) is 24.3 Å². The minimum atomic E-state index is 0.129. The summed E-state index contributed by atoms with van der Waals surface area (Å²) in [4.78, 5) is 15.3. The molecule has 1 fully saturated rings. The lowest BCUT2D eigenvalue weighted by molar-refractivity contribution is -0.122. The number of rotatable bonds is 18. The highest BCUT2D eigenvalue weighted by Gasteiger charge is 2.20. The van der Waals surface area contributed by atoms with Crippen LogP contribution in [0.4, 0.5) is 0 Å². The van der Waals surface area contributed by atoms with E-state index in [2.05, 4.69) is 24.1 Å². The number of hydrogen-bond donors (Lipinski definition) is 2. The van der Waals surface area contributed by atoms with Gasteiger partial charge >= 0.3 is 0 Å². The fourth-order valence-corrected chi connectivity index (χ4v) is 5.04. The highest BCUT2D eigenvalue weighted by atomic mass is 16.3. The van der Waals surface area contributed by atoms with Crippen molar-refractivity contribution in [1.29, 1.82) is 0 Å². The van der Waals surface area contributed by atoms with Crippen LogP contribution in [0.5, 0.6) is 5.75 Å². The van der Waals surface area contributed by atoms with E-state index in [9.17, 15) is 9.90 Å². The first-order valence-corrected chi connectivity index (χ1v) is 13.9. The molecule has 2 atom stereocenters. The van der Waals surface area contributed by atoms with Crippen molar-refractivity contribution in [3.63, 3.8) is 0 Å². The molecule has 4 heteroatoms. The van der Waals surface area contributed by atoms with Crippen molar-refractivity contribution >= 4 is 5.91 Å². The molecule has 0 saturated carbocycles. The van der Waals surface area contributed by atoms with E-state index in [0.717, 1.165) is 38.0 Å². The van der Waals surface area contributed by atoms with Crippen LogP contribution in [0.1, 0.15) is 109 Å². The summed E-state index contributed by atoms with van der Waals surface area (Å²) in [6.07, 6.45) is 18.7. The Bertz CT molecular complexity index is 625. The van der Waals surface area contributed by atoms with Gasteiger partial charge in [-0.25, -0.2) is 0 Å². The second-order valence-corrected chi connectivity index (χ2v) is 10.4. The van der Waals surface area contributed by atoms with Gasteiger partial charge in [-0.3, -0.25) is 4.79 Å². The van der Waals surface area contributed by atoms with E-state index >= 15 is 0 Å². The second kappa shape index (κ2) is 17.0. The van der Waals surface area contributed by atoms with E-state index in [-0.39, 0.29) is 11.9 Å². The lowest BCUT2D eigenvalue weighted by atomic mass is 9.98. The molecule has 1 unspecified atom stereocenters. The Balaban J connectivity index is 1.63. The molecule has 4 nitrogen and oxygen atoms in total. The summed E-state index contributed by atoms with van der Waals surface area (Å²) in [6, 6.07) is 7.53.